The van der Waals surface area contributed by atoms with Crippen molar-refractivity contribution in [3.05, 3.63) is 0 Å². The lowest BCUT2D eigenvalue weighted by Crippen LogP contribution is -2.60. The van der Waals surface area contributed by atoms with Crippen LogP contribution in [0.25, 0.3) is 0 Å². The van der Waals surface area contributed by atoms with Crippen molar-refractivity contribution in [3.8, 4) is 0 Å². The van der Waals surface area contributed by atoms with Crippen LogP contribution in [0.4, 0.5) is 0 Å². The van der Waals surface area contributed by atoms with Gasteiger partial charge in [-0.1, -0.05) is 20.8 Å². The van der Waals surface area contributed by atoms with Crippen molar-refractivity contribution < 1.29 is 20.4 Å². The molecule has 4 saturated carbocycles. The van der Waals surface area contributed by atoms with E-state index < -0.39 is 5.79 Å². The minimum absolute atomic E-state index is 0.126. The Bertz CT molecular complexity index is 548. The maximum atomic E-state index is 11.2. The van der Waals surface area contributed by atoms with Crippen molar-refractivity contribution in [2.75, 3.05) is 6.61 Å². The fourth-order valence-electron chi connectivity index (χ4n) is 8.30. The van der Waals surface area contributed by atoms with E-state index in [0.717, 1.165) is 12.8 Å². The van der Waals surface area contributed by atoms with E-state index in [1.165, 1.54) is 19.3 Å². The molecule has 4 heteroatoms. The van der Waals surface area contributed by atoms with Crippen molar-refractivity contribution in [3.63, 3.8) is 0 Å². The first-order chi connectivity index (χ1) is 12.1. The second kappa shape index (κ2) is 6.17. The Hall–Kier alpha value is -0.160. The highest BCUT2D eigenvalue weighted by Gasteiger charge is 2.63. The van der Waals surface area contributed by atoms with Gasteiger partial charge in [0.05, 0.1) is 6.10 Å². The molecule has 0 bridgehead atoms. The summed E-state index contributed by atoms with van der Waals surface area (Å²) in [5, 5.41) is 41.2. The Morgan fingerprint density at radius 3 is 2.35 bits per heavy atom. The van der Waals surface area contributed by atoms with Crippen LogP contribution >= 0.6 is 0 Å². The molecule has 4 N–H and O–H groups in total. The predicted octanol–water partition coefficient (Wildman–Crippen LogP) is 2.93. The van der Waals surface area contributed by atoms with Crippen LogP contribution in [0.5, 0.6) is 0 Å². The van der Waals surface area contributed by atoms with Crippen LogP contribution < -0.4 is 0 Å². The van der Waals surface area contributed by atoms with Gasteiger partial charge in [-0.25, -0.2) is 0 Å². The average Bonchev–Trinajstić information content (AvgIpc) is 2.93. The van der Waals surface area contributed by atoms with E-state index >= 15 is 0 Å². The summed E-state index contributed by atoms with van der Waals surface area (Å²) in [6.07, 6.45) is 6.81. The highest BCUT2D eigenvalue weighted by atomic mass is 16.5. The summed E-state index contributed by atoms with van der Waals surface area (Å²) in [5.74, 6) is 0.942. The molecule has 9 atom stereocenters. The quantitative estimate of drug-likeness (QED) is 0.567. The lowest BCUT2D eigenvalue weighted by Gasteiger charge is -2.63. The maximum absolute atomic E-state index is 11.2. The first-order valence-electron chi connectivity index (χ1n) is 10.9. The Kier molecular flexibility index (Phi) is 4.55. The van der Waals surface area contributed by atoms with Gasteiger partial charge in [-0.05, 0) is 84.9 Å². The molecule has 26 heavy (non-hydrogen) atoms. The van der Waals surface area contributed by atoms with Crippen LogP contribution in [0.3, 0.4) is 0 Å². The van der Waals surface area contributed by atoms with E-state index in [-0.39, 0.29) is 29.5 Å². The van der Waals surface area contributed by atoms with Gasteiger partial charge in [0, 0.05) is 19.4 Å². The number of aliphatic hydroxyl groups is 4. The van der Waals surface area contributed by atoms with Gasteiger partial charge in [-0.3, -0.25) is 0 Å². The molecule has 0 saturated heterocycles. The van der Waals surface area contributed by atoms with Crippen molar-refractivity contribution in [1.82, 2.24) is 0 Å². The Morgan fingerprint density at radius 1 is 0.962 bits per heavy atom. The summed E-state index contributed by atoms with van der Waals surface area (Å²) >= 11 is 0. The molecule has 0 radical (unpaired) electrons. The average molecular weight is 367 g/mol. The third-order valence-electron chi connectivity index (χ3n) is 9.77. The van der Waals surface area contributed by atoms with Gasteiger partial charge < -0.3 is 20.4 Å². The Labute approximate surface area is 158 Å². The first-order valence-corrected chi connectivity index (χ1v) is 10.9. The molecular formula is C22H38O4. The Balaban J connectivity index is 1.63. The summed E-state index contributed by atoms with van der Waals surface area (Å²) in [4.78, 5) is 0. The van der Waals surface area contributed by atoms with Gasteiger partial charge in [0.2, 0.25) is 0 Å². The SMILES string of the molecule is C[C@H](CO)[C@H]1CC[C@H]2[C@@H]3[C@H](O)C[C@H]4CC(O)(O)CC[C@]4(C)[C@H]3CC[C@]12C. The van der Waals surface area contributed by atoms with Crippen LogP contribution in [0, 0.1) is 46.3 Å². The second-order valence-corrected chi connectivity index (χ2v) is 10.9. The van der Waals surface area contributed by atoms with E-state index in [1.54, 1.807) is 0 Å². The van der Waals surface area contributed by atoms with Gasteiger partial charge in [-0.15, -0.1) is 0 Å². The monoisotopic (exact) mass is 366 g/mol. The highest BCUT2D eigenvalue weighted by molar-refractivity contribution is 5.12. The molecule has 0 aromatic heterocycles. The third kappa shape index (κ3) is 2.62. The zero-order valence-electron chi connectivity index (χ0n) is 16.7. The molecular weight excluding hydrogens is 328 g/mol. The first kappa shape index (κ1) is 19.2. The van der Waals surface area contributed by atoms with Crippen LogP contribution in [-0.4, -0.2) is 38.9 Å². The third-order valence-corrected chi connectivity index (χ3v) is 9.77. The van der Waals surface area contributed by atoms with Gasteiger partial charge in [0.15, 0.2) is 5.79 Å². The summed E-state index contributed by atoms with van der Waals surface area (Å²) in [6, 6.07) is 0. The molecule has 4 nitrogen and oxygen atoms in total. The number of hydrogen-bond donors (Lipinski definition) is 4. The molecule has 4 fully saturated rings. The lowest BCUT2D eigenvalue weighted by atomic mass is 9.43. The van der Waals surface area contributed by atoms with E-state index in [1.807, 2.05) is 0 Å². The van der Waals surface area contributed by atoms with Crippen LogP contribution in [0.2, 0.25) is 0 Å². The zero-order valence-corrected chi connectivity index (χ0v) is 16.7. The highest BCUT2D eigenvalue weighted by Crippen LogP contribution is 2.68. The van der Waals surface area contributed by atoms with Crippen molar-refractivity contribution in [2.24, 2.45) is 46.3 Å². The van der Waals surface area contributed by atoms with Gasteiger partial charge in [-0.2, -0.15) is 0 Å². The largest absolute Gasteiger partial charge is 0.396 e. The zero-order chi connectivity index (χ0) is 18.9. The van der Waals surface area contributed by atoms with Crippen molar-refractivity contribution >= 4 is 0 Å². The summed E-state index contributed by atoms with van der Waals surface area (Å²) in [7, 11) is 0. The predicted molar refractivity (Wildman–Crippen MR) is 100 cm³/mol. The summed E-state index contributed by atoms with van der Waals surface area (Å²) in [6.45, 7) is 7.23. The summed E-state index contributed by atoms with van der Waals surface area (Å²) in [5.41, 5.74) is 0.362. The second-order valence-electron chi connectivity index (χ2n) is 10.9. The molecule has 0 aliphatic heterocycles. The molecule has 0 unspecified atom stereocenters. The molecule has 4 rings (SSSR count). The number of aliphatic hydroxyl groups excluding tert-OH is 2. The minimum Gasteiger partial charge on any atom is -0.396 e. The Morgan fingerprint density at radius 2 is 1.65 bits per heavy atom. The molecule has 150 valence electrons. The molecule has 0 heterocycles. The minimum atomic E-state index is -1.55. The molecule has 4 aliphatic carbocycles. The van der Waals surface area contributed by atoms with Gasteiger partial charge >= 0.3 is 0 Å². The topological polar surface area (TPSA) is 80.9 Å². The molecule has 4 aliphatic rings. The van der Waals surface area contributed by atoms with Gasteiger partial charge in [0.25, 0.3) is 0 Å². The molecule has 0 amide bonds. The fourth-order valence-corrected chi connectivity index (χ4v) is 8.30. The van der Waals surface area contributed by atoms with Gasteiger partial charge in [0.1, 0.15) is 0 Å². The van der Waals surface area contributed by atoms with E-state index in [2.05, 4.69) is 20.8 Å². The van der Waals surface area contributed by atoms with Crippen LogP contribution in [0.1, 0.15) is 72.1 Å². The van der Waals surface area contributed by atoms with E-state index in [9.17, 15) is 20.4 Å². The van der Waals surface area contributed by atoms with Crippen molar-refractivity contribution in [1.29, 1.82) is 0 Å². The van der Waals surface area contributed by atoms with Crippen molar-refractivity contribution in [2.45, 2.75) is 84.0 Å². The number of rotatable bonds is 2. The lowest BCUT2D eigenvalue weighted by molar-refractivity contribution is -0.246. The normalized spacial score (nSPS) is 54.1. The maximum Gasteiger partial charge on any atom is 0.162 e. The molecule has 0 aromatic carbocycles. The molecule has 0 aromatic rings. The van der Waals surface area contributed by atoms with E-state index in [0.29, 0.717) is 48.9 Å². The number of fused-ring (bicyclic) bond motifs is 5. The smallest absolute Gasteiger partial charge is 0.162 e. The van der Waals surface area contributed by atoms with Crippen LogP contribution in [-0.2, 0) is 0 Å². The summed E-state index contributed by atoms with van der Waals surface area (Å²) < 4.78 is 0. The number of hydrogen-bond acceptors (Lipinski definition) is 4. The molecule has 0 spiro atoms. The fraction of sp³-hybridized carbons (Fsp3) is 1.00. The van der Waals surface area contributed by atoms with E-state index in [4.69, 9.17) is 0 Å². The standard InChI is InChI=1S/C22H38O4/c1-13(12-23)15-4-5-16-19-17(6-7-21(15,16)3)20(2)8-9-22(25,26)11-14(20)10-18(19)24/h13-19,23-26H,4-12H2,1-3H3/t13-,14+,15-,16+,17+,18-,19+,20+,21-/m1/s1. The van der Waals surface area contributed by atoms with Crippen LogP contribution in [0.15, 0.2) is 0 Å².